The van der Waals surface area contributed by atoms with Gasteiger partial charge in [-0.15, -0.1) is 6.42 Å². The summed E-state index contributed by atoms with van der Waals surface area (Å²) in [5.74, 6) is 3.17. The zero-order chi connectivity index (χ0) is 8.39. The normalized spacial score (nSPS) is 9.92. The van der Waals surface area contributed by atoms with Crippen molar-refractivity contribution in [1.29, 1.82) is 0 Å². The second kappa shape index (κ2) is 2.62. The molecule has 12 heavy (non-hydrogen) atoms. The Bertz CT molecular complexity index is 398. The van der Waals surface area contributed by atoms with Gasteiger partial charge >= 0.3 is 0 Å². The molecule has 58 valence electrons. The van der Waals surface area contributed by atoms with Gasteiger partial charge in [0.1, 0.15) is 12.0 Å². The Morgan fingerprint density at radius 1 is 1.42 bits per heavy atom. The van der Waals surface area contributed by atoms with Gasteiger partial charge in [0.05, 0.1) is 12.9 Å². The summed E-state index contributed by atoms with van der Waals surface area (Å²) in [6.07, 6.45) is 10.1. The van der Waals surface area contributed by atoms with E-state index < -0.39 is 0 Å². The molecule has 0 bridgehead atoms. The van der Waals surface area contributed by atoms with Crippen LogP contribution >= 0.6 is 0 Å². The van der Waals surface area contributed by atoms with Crippen molar-refractivity contribution < 1.29 is 0 Å². The Kier molecular flexibility index (Phi) is 1.49. The fraction of sp³-hybridized carbons (Fsp3) is 0.125. The topological polar surface area (TPSA) is 43.6 Å². The van der Waals surface area contributed by atoms with E-state index in [2.05, 4.69) is 20.9 Å². The van der Waals surface area contributed by atoms with Gasteiger partial charge in [0.15, 0.2) is 5.82 Å². The summed E-state index contributed by atoms with van der Waals surface area (Å²) in [7, 11) is 0. The van der Waals surface area contributed by atoms with E-state index in [9.17, 15) is 0 Å². The van der Waals surface area contributed by atoms with Crippen LogP contribution in [0.3, 0.4) is 0 Å². The second-order valence-corrected chi connectivity index (χ2v) is 2.33. The summed E-state index contributed by atoms with van der Waals surface area (Å²) in [6, 6.07) is 0. The molecule has 2 rings (SSSR count). The minimum absolute atomic E-state index is 0.510. The lowest BCUT2D eigenvalue weighted by Crippen LogP contribution is -1.99. The number of hydrogen-bond acceptors (Lipinski definition) is 3. The molecule has 0 amide bonds. The molecule has 0 saturated carbocycles. The zero-order valence-electron chi connectivity index (χ0n) is 6.31. The maximum absolute atomic E-state index is 5.15. The minimum atomic E-state index is 0.510. The monoisotopic (exact) mass is 158 g/mol. The lowest BCUT2D eigenvalue weighted by Gasteiger charge is -2.01. The maximum Gasteiger partial charge on any atom is 0.182 e. The fourth-order valence-corrected chi connectivity index (χ4v) is 0.971. The molecule has 4 nitrogen and oxygen atoms in total. The van der Waals surface area contributed by atoms with Gasteiger partial charge in [-0.1, -0.05) is 5.92 Å². The zero-order valence-corrected chi connectivity index (χ0v) is 6.31. The van der Waals surface area contributed by atoms with Gasteiger partial charge in [-0.05, 0) is 0 Å². The fourth-order valence-electron chi connectivity index (χ4n) is 0.971. The predicted octanol–water partition coefficient (Wildman–Crippen LogP) is 0.411. The van der Waals surface area contributed by atoms with Gasteiger partial charge in [-0.2, -0.15) is 0 Å². The quantitative estimate of drug-likeness (QED) is 0.564. The average Bonchev–Trinajstić information content (AvgIpc) is 2.51. The molecule has 2 aliphatic rings. The van der Waals surface area contributed by atoms with Crippen LogP contribution in [-0.2, 0) is 6.54 Å². The van der Waals surface area contributed by atoms with Gasteiger partial charge in [-0.25, -0.2) is 15.0 Å². The molecule has 0 aromatic carbocycles. The summed E-state index contributed by atoms with van der Waals surface area (Å²) in [4.78, 5) is 12.0. The van der Waals surface area contributed by atoms with E-state index in [1.165, 1.54) is 6.33 Å². The second-order valence-electron chi connectivity index (χ2n) is 2.33. The van der Waals surface area contributed by atoms with Gasteiger partial charge in [0.2, 0.25) is 0 Å². The molecule has 0 aliphatic carbocycles. The predicted molar refractivity (Wildman–Crippen MR) is 43.3 cm³/mol. The molecule has 0 fully saturated rings. The highest BCUT2D eigenvalue weighted by Crippen LogP contribution is 2.10. The standard InChI is InChI=1S/C8H6N4/c1-2-3-12-4-7-8(11-6-12)10-5-9-7/h1,4-6H,3H2. The van der Waals surface area contributed by atoms with Crippen LogP contribution in [0, 0.1) is 12.3 Å². The summed E-state index contributed by atoms with van der Waals surface area (Å²) in [6.45, 7) is 0.510. The van der Waals surface area contributed by atoms with Crippen LogP contribution in [-0.4, -0.2) is 19.5 Å². The SMILES string of the molecule is C#CCn1cnc2ncnc-2c1. The Labute approximate surface area is 69.6 Å². The first-order valence-corrected chi connectivity index (χ1v) is 3.46. The van der Waals surface area contributed by atoms with Crippen LogP contribution in [0.15, 0.2) is 18.9 Å². The van der Waals surface area contributed by atoms with Crippen molar-refractivity contribution in [2.45, 2.75) is 6.54 Å². The maximum atomic E-state index is 5.15. The molecule has 0 radical (unpaired) electrons. The Morgan fingerprint density at radius 3 is 3.17 bits per heavy atom. The molecular weight excluding hydrogens is 152 g/mol. The number of aromatic nitrogens is 4. The van der Waals surface area contributed by atoms with E-state index in [1.807, 2.05) is 6.20 Å². The van der Waals surface area contributed by atoms with Crippen molar-refractivity contribution in [3.8, 4) is 23.9 Å². The lowest BCUT2D eigenvalue weighted by molar-refractivity contribution is 0.799. The van der Waals surface area contributed by atoms with Crippen LogP contribution in [0.5, 0.6) is 0 Å². The molecule has 0 atom stereocenters. The first-order valence-electron chi connectivity index (χ1n) is 3.46. The number of fused-ring (bicyclic) bond motifs is 1. The average molecular weight is 158 g/mol. The van der Waals surface area contributed by atoms with Crippen LogP contribution in [0.2, 0.25) is 0 Å². The van der Waals surface area contributed by atoms with Crippen LogP contribution < -0.4 is 0 Å². The van der Waals surface area contributed by atoms with Crippen molar-refractivity contribution in [3.63, 3.8) is 0 Å². The molecule has 4 heteroatoms. The molecule has 0 N–H and O–H groups in total. The molecule has 0 saturated heterocycles. The van der Waals surface area contributed by atoms with Gasteiger partial charge in [-0.3, -0.25) is 0 Å². The first kappa shape index (κ1) is 6.80. The molecule has 0 spiro atoms. The number of imidazole rings is 1. The highest BCUT2D eigenvalue weighted by molar-refractivity contribution is 5.47. The third kappa shape index (κ3) is 1.01. The molecule has 2 heterocycles. The smallest absolute Gasteiger partial charge is 0.182 e. The summed E-state index contributed by atoms with van der Waals surface area (Å²) in [5, 5.41) is 0. The minimum Gasteiger partial charge on any atom is -0.325 e. The van der Waals surface area contributed by atoms with E-state index >= 15 is 0 Å². The van der Waals surface area contributed by atoms with E-state index in [0.29, 0.717) is 12.4 Å². The molecular formula is C8H6N4. The van der Waals surface area contributed by atoms with Crippen molar-refractivity contribution in [2.24, 2.45) is 0 Å². The third-order valence-corrected chi connectivity index (χ3v) is 1.50. The summed E-state index contributed by atoms with van der Waals surface area (Å²) < 4.78 is 1.79. The van der Waals surface area contributed by atoms with Gasteiger partial charge < -0.3 is 4.57 Å². The first-order chi connectivity index (χ1) is 5.90. The lowest BCUT2D eigenvalue weighted by atomic mass is 10.4. The van der Waals surface area contributed by atoms with Gasteiger partial charge in [0, 0.05) is 6.20 Å². The highest BCUT2D eigenvalue weighted by Gasteiger charge is 2.05. The number of hydrogen-bond donors (Lipinski definition) is 0. The van der Waals surface area contributed by atoms with Crippen LogP contribution in [0.25, 0.3) is 11.5 Å². The largest absolute Gasteiger partial charge is 0.325 e. The third-order valence-electron chi connectivity index (χ3n) is 1.50. The molecule has 0 aromatic rings. The van der Waals surface area contributed by atoms with Crippen molar-refractivity contribution >= 4 is 0 Å². The molecule has 0 aromatic heterocycles. The molecule has 2 aliphatic heterocycles. The van der Waals surface area contributed by atoms with Crippen molar-refractivity contribution in [1.82, 2.24) is 19.5 Å². The Hall–Kier alpha value is -1.89. The molecule has 0 unspecified atom stereocenters. The van der Waals surface area contributed by atoms with E-state index in [4.69, 9.17) is 6.42 Å². The van der Waals surface area contributed by atoms with Crippen molar-refractivity contribution in [3.05, 3.63) is 18.9 Å². The van der Waals surface area contributed by atoms with Crippen LogP contribution in [0.4, 0.5) is 0 Å². The Morgan fingerprint density at radius 2 is 2.33 bits per heavy atom. The van der Waals surface area contributed by atoms with Crippen LogP contribution in [0.1, 0.15) is 0 Å². The van der Waals surface area contributed by atoms with Crippen molar-refractivity contribution in [2.75, 3.05) is 0 Å². The Balaban J connectivity index is 2.49. The van der Waals surface area contributed by atoms with E-state index in [1.54, 1.807) is 10.9 Å². The number of nitrogens with zero attached hydrogens (tertiary/aromatic N) is 4. The highest BCUT2D eigenvalue weighted by atomic mass is 15.1. The van der Waals surface area contributed by atoms with Gasteiger partial charge in [0.25, 0.3) is 0 Å². The summed E-state index contributed by atoms with van der Waals surface area (Å²) in [5.41, 5.74) is 0.771. The van der Waals surface area contributed by atoms with E-state index in [-0.39, 0.29) is 0 Å². The number of terminal acetylenes is 1. The van der Waals surface area contributed by atoms with E-state index in [0.717, 1.165) is 5.69 Å². The number of rotatable bonds is 1. The summed E-state index contributed by atoms with van der Waals surface area (Å²) >= 11 is 0.